The first-order valence-electron chi connectivity index (χ1n) is 8.14. The fourth-order valence-corrected chi connectivity index (χ4v) is 3.61. The molecule has 6 heteroatoms. The zero-order chi connectivity index (χ0) is 16.4. The number of aromatic nitrogens is 1. The van der Waals surface area contributed by atoms with Crippen LogP contribution in [-0.4, -0.2) is 46.5 Å². The second-order valence-electron chi connectivity index (χ2n) is 6.56. The van der Waals surface area contributed by atoms with Gasteiger partial charge in [-0.05, 0) is 31.4 Å². The first-order chi connectivity index (χ1) is 11.0. The van der Waals surface area contributed by atoms with E-state index in [4.69, 9.17) is 4.74 Å². The summed E-state index contributed by atoms with van der Waals surface area (Å²) in [7, 11) is 0. The molecule has 3 unspecified atom stereocenters. The maximum atomic E-state index is 12.4. The van der Waals surface area contributed by atoms with E-state index in [-0.39, 0.29) is 23.3 Å². The van der Waals surface area contributed by atoms with Crippen LogP contribution >= 0.6 is 0 Å². The van der Waals surface area contributed by atoms with Gasteiger partial charge in [-0.15, -0.1) is 0 Å². The summed E-state index contributed by atoms with van der Waals surface area (Å²) in [5.41, 5.74) is 0.407. The molecule has 3 rings (SSSR count). The Hall–Kier alpha value is -1.95. The molecule has 1 N–H and O–H groups in total. The summed E-state index contributed by atoms with van der Waals surface area (Å²) in [6.07, 6.45) is 5.24. The van der Waals surface area contributed by atoms with Crippen LogP contribution in [0.1, 0.15) is 33.1 Å². The molecule has 2 fully saturated rings. The van der Waals surface area contributed by atoms with Crippen molar-refractivity contribution in [3.05, 3.63) is 24.5 Å². The van der Waals surface area contributed by atoms with Crippen LogP contribution in [0.2, 0.25) is 0 Å². The number of anilines is 1. The molecule has 1 aromatic rings. The van der Waals surface area contributed by atoms with Gasteiger partial charge in [0.25, 0.3) is 5.91 Å². The molecular weight excluding hydrogens is 294 g/mol. The third-order valence-electron chi connectivity index (χ3n) is 5.07. The normalized spacial score (nSPS) is 30.4. The van der Waals surface area contributed by atoms with Crippen molar-refractivity contribution >= 4 is 17.5 Å². The first kappa shape index (κ1) is 15.9. The highest BCUT2D eigenvalue weighted by molar-refractivity contribution is 5.94. The highest BCUT2D eigenvalue weighted by atomic mass is 16.5. The van der Waals surface area contributed by atoms with E-state index in [1.54, 1.807) is 25.4 Å². The average Bonchev–Trinajstić information content (AvgIpc) is 2.96. The van der Waals surface area contributed by atoms with E-state index in [1.807, 2.05) is 11.0 Å². The van der Waals surface area contributed by atoms with Crippen molar-refractivity contribution in [2.45, 2.75) is 44.8 Å². The highest BCUT2D eigenvalue weighted by Gasteiger charge is 2.49. The van der Waals surface area contributed by atoms with Crippen LogP contribution in [-0.2, 0) is 14.3 Å². The van der Waals surface area contributed by atoms with E-state index in [0.29, 0.717) is 18.8 Å². The highest BCUT2D eigenvalue weighted by Crippen LogP contribution is 2.42. The number of rotatable bonds is 2. The van der Waals surface area contributed by atoms with Gasteiger partial charge < -0.3 is 15.0 Å². The van der Waals surface area contributed by atoms with E-state index < -0.39 is 6.10 Å². The number of pyridine rings is 1. The van der Waals surface area contributed by atoms with Gasteiger partial charge >= 0.3 is 0 Å². The number of carbonyl (C=O) groups excluding carboxylic acids is 2. The van der Waals surface area contributed by atoms with Crippen LogP contribution in [0.3, 0.4) is 0 Å². The first-order valence-corrected chi connectivity index (χ1v) is 8.14. The zero-order valence-electron chi connectivity index (χ0n) is 13.6. The molecular formula is C17H23N3O3. The number of likely N-dealkylation sites (tertiary alicyclic amines) is 1. The molecule has 2 saturated heterocycles. The number of ether oxygens (including phenoxy) is 1. The van der Waals surface area contributed by atoms with Gasteiger partial charge in [0.05, 0.1) is 17.5 Å². The van der Waals surface area contributed by atoms with E-state index >= 15 is 0 Å². The number of nitrogens with one attached hydrogen (secondary N) is 1. The van der Waals surface area contributed by atoms with Crippen LogP contribution in [0.4, 0.5) is 5.69 Å². The monoisotopic (exact) mass is 317 g/mol. The molecule has 0 radical (unpaired) electrons. The summed E-state index contributed by atoms with van der Waals surface area (Å²) in [6.45, 7) is 5.11. The smallest absolute Gasteiger partial charge is 0.253 e. The lowest BCUT2D eigenvalue weighted by Gasteiger charge is -2.43. The number of hydrogen-bond donors (Lipinski definition) is 1. The summed E-state index contributed by atoms with van der Waals surface area (Å²) >= 11 is 0. The van der Waals surface area contributed by atoms with Gasteiger partial charge in [-0.25, -0.2) is 0 Å². The number of nitrogens with zero attached hydrogens (tertiary/aromatic N) is 2. The molecule has 2 aliphatic heterocycles. The second kappa shape index (κ2) is 6.28. The fraction of sp³-hybridized carbons (Fsp3) is 0.588. The van der Waals surface area contributed by atoms with Gasteiger partial charge in [0, 0.05) is 32.1 Å². The Balaban J connectivity index is 1.62. The van der Waals surface area contributed by atoms with Crippen molar-refractivity contribution in [3.8, 4) is 0 Å². The zero-order valence-corrected chi connectivity index (χ0v) is 13.6. The lowest BCUT2D eigenvalue weighted by atomic mass is 9.80. The number of hydrogen-bond acceptors (Lipinski definition) is 4. The minimum atomic E-state index is -0.429. The molecule has 6 nitrogen and oxygen atoms in total. The second-order valence-corrected chi connectivity index (χ2v) is 6.56. The van der Waals surface area contributed by atoms with E-state index in [2.05, 4.69) is 17.2 Å². The molecule has 2 aliphatic rings. The molecule has 1 aromatic heterocycles. The van der Waals surface area contributed by atoms with Crippen molar-refractivity contribution in [2.75, 3.05) is 18.4 Å². The summed E-state index contributed by atoms with van der Waals surface area (Å²) in [4.78, 5) is 29.8. The molecule has 3 atom stereocenters. The van der Waals surface area contributed by atoms with Gasteiger partial charge in [0.1, 0.15) is 6.10 Å². The number of carbonyl (C=O) groups is 2. The largest absolute Gasteiger partial charge is 0.362 e. The fourth-order valence-electron chi connectivity index (χ4n) is 3.61. The van der Waals surface area contributed by atoms with Gasteiger partial charge in [0.2, 0.25) is 5.91 Å². The predicted molar refractivity (Wildman–Crippen MR) is 85.7 cm³/mol. The topological polar surface area (TPSA) is 71.5 Å². The standard InChI is InChI=1S/C17H23N3O3/c1-12-11-20(13(2)21)9-7-17(12)6-5-15(23-17)16(22)19-14-4-3-8-18-10-14/h3-4,8,10,12,15H,5-7,9,11H2,1-2H3,(H,19,22). The molecule has 2 amide bonds. The number of piperidine rings is 1. The Bertz CT molecular complexity index is 592. The molecule has 23 heavy (non-hydrogen) atoms. The Kier molecular flexibility index (Phi) is 4.35. The van der Waals surface area contributed by atoms with Crippen LogP contribution in [0, 0.1) is 5.92 Å². The Morgan fingerprint density at radius 3 is 2.91 bits per heavy atom. The Morgan fingerprint density at radius 1 is 1.43 bits per heavy atom. The van der Waals surface area contributed by atoms with E-state index in [0.717, 1.165) is 19.3 Å². The molecule has 0 saturated carbocycles. The third-order valence-corrected chi connectivity index (χ3v) is 5.07. The van der Waals surface area contributed by atoms with Gasteiger partial charge in [-0.3, -0.25) is 14.6 Å². The van der Waals surface area contributed by atoms with Gasteiger partial charge in [-0.2, -0.15) is 0 Å². The molecule has 3 heterocycles. The lowest BCUT2D eigenvalue weighted by molar-refractivity contribution is -0.150. The lowest BCUT2D eigenvalue weighted by Crippen LogP contribution is -2.52. The summed E-state index contributed by atoms with van der Waals surface area (Å²) in [5, 5.41) is 2.86. The van der Waals surface area contributed by atoms with Crippen molar-refractivity contribution in [2.24, 2.45) is 5.92 Å². The number of amides is 2. The van der Waals surface area contributed by atoms with Gasteiger partial charge in [-0.1, -0.05) is 6.92 Å². The SMILES string of the molecule is CC(=O)N1CCC2(CCC(C(=O)Nc3cccnc3)O2)C(C)C1. The van der Waals surface area contributed by atoms with Crippen LogP contribution in [0.15, 0.2) is 24.5 Å². The van der Waals surface area contributed by atoms with Gasteiger partial charge in [0.15, 0.2) is 0 Å². The molecule has 124 valence electrons. The average molecular weight is 317 g/mol. The summed E-state index contributed by atoms with van der Waals surface area (Å²) < 4.78 is 6.19. The van der Waals surface area contributed by atoms with Crippen molar-refractivity contribution in [3.63, 3.8) is 0 Å². The Labute approximate surface area is 136 Å². The van der Waals surface area contributed by atoms with E-state index in [9.17, 15) is 9.59 Å². The Morgan fingerprint density at radius 2 is 2.26 bits per heavy atom. The third kappa shape index (κ3) is 3.22. The molecule has 0 aliphatic carbocycles. The van der Waals surface area contributed by atoms with Crippen LogP contribution < -0.4 is 5.32 Å². The van der Waals surface area contributed by atoms with E-state index in [1.165, 1.54) is 0 Å². The molecule has 0 aromatic carbocycles. The minimum Gasteiger partial charge on any atom is -0.362 e. The predicted octanol–water partition coefficient (Wildman–Crippen LogP) is 1.83. The molecule has 1 spiro atoms. The maximum Gasteiger partial charge on any atom is 0.253 e. The molecule has 0 bridgehead atoms. The van der Waals surface area contributed by atoms with Crippen LogP contribution in [0.5, 0.6) is 0 Å². The summed E-state index contributed by atoms with van der Waals surface area (Å²) in [6, 6.07) is 3.59. The quantitative estimate of drug-likeness (QED) is 0.903. The minimum absolute atomic E-state index is 0.107. The maximum absolute atomic E-state index is 12.4. The van der Waals surface area contributed by atoms with Crippen molar-refractivity contribution in [1.82, 2.24) is 9.88 Å². The van der Waals surface area contributed by atoms with Crippen molar-refractivity contribution in [1.29, 1.82) is 0 Å². The van der Waals surface area contributed by atoms with Crippen LogP contribution in [0.25, 0.3) is 0 Å². The van der Waals surface area contributed by atoms with Crippen molar-refractivity contribution < 1.29 is 14.3 Å². The summed E-state index contributed by atoms with van der Waals surface area (Å²) in [5.74, 6) is 0.225.